The highest BCUT2D eigenvalue weighted by molar-refractivity contribution is 5.89. The van der Waals surface area contributed by atoms with Crippen LogP contribution in [0.1, 0.15) is 38.2 Å². The fourth-order valence-electron chi connectivity index (χ4n) is 2.96. The minimum atomic E-state index is -1.07. The average Bonchev–Trinajstić information content (AvgIpc) is 3.39. The summed E-state index contributed by atoms with van der Waals surface area (Å²) in [5.74, 6) is -0.909. The third-order valence-corrected chi connectivity index (χ3v) is 4.41. The van der Waals surface area contributed by atoms with E-state index in [1.54, 1.807) is 7.11 Å². The molecule has 0 bridgehead atoms. The van der Waals surface area contributed by atoms with Crippen LogP contribution in [0.5, 0.6) is 5.75 Å². The van der Waals surface area contributed by atoms with E-state index in [0.717, 1.165) is 17.7 Å². The molecule has 142 valence electrons. The summed E-state index contributed by atoms with van der Waals surface area (Å²) in [6.45, 7) is 3.55. The molecule has 2 amide bonds. The number of carbonyl (C=O) groups excluding carboxylic acids is 2. The van der Waals surface area contributed by atoms with E-state index in [2.05, 4.69) is 10.6 Å². The first-order chi connectivity index (χ1) is 12.3. The van der Waals surface area contributed by atoms with E-state index in [-0.39, 0.29) is 30.2 Å². The van der Waals surface area contributed by atoms with Gasteiger partial charge in [-0.15, -0.1) is 0 Å². The number of methoxy groups -OCH3 is 1. The molecule has 7 heteroatoms. The first kappa shape index (κ1) is 19.8. The van der Waals surface area contributed by atoms with E-state index in [4.69, 9.17) is 9.84 Å². The predicted octanol–water partition coefficient (Wildman–Crippen LogP) is 1.53. The highest BCUT2D eigenvalue weighted by Gasteiger charge is 2.44. The molecule has 2 rings (SSSR count). The molecule has 0 saturated heterocycles. The molecule has 1 aliphatic rings. The number of aliphatic carboxylic acids is 1. The predicted molar refractivity (Wildman–Crippen MR) is 95.9 cm³/mol. The Balaban J connectivity index is 1.80. The number of ether oxygens (including phenoxy) is 1. The standard InChI is InChI=1S/C19H26N2O5/c1-11(2)7-16(19(24)25)21-17(22)10-20-18(23)15-9-14(15)12-5-4-6-13(8-12)26-3/h4-6,8,11,14-16H,7,9-10H2,1-3H3,(H,20,23)(H,21,22)(H,24,25)/t14?,15?,16-/m0/s1. The summed E-state index contributed by atoms with van der Waals surface area (Å²) in [6, 6.07) is 6.66. The molecule has 2 unspecified atom stereocenters. The van der Waals surface area contributed by atoms with E-state index in [9.17, 15) is 14.4 Å². The molecule has 0 spiro atoms. The van der Waals surface area contributed by atoms with Crippen molar-refractivity contribution >= 4 is 17.8 Å². The molecule has 0 radical (unpaired) electrons. The number of rotatable bonds is 9. The fraction of sp³-hybridized carbons (Fsp3) is 0.526. The third kappa shape index (κ3) is 5.47. The van der Waals surface area contributed by atoms with Gasteiger partial charge in [0.15, 0.2) is 0 Å². The Morgan fingerprint density at radius 3 is 2.65 bits per heavy atom. The molecule has 7 nitrogen and oxygen atoms in total. The van der Waals surface area contributed by atoms with Crippen LogP contribution in [0.15, 0.2) is 24.3 Å². The molecular formula is C19H26N2O5. The van der Waals surface area contributed by atoms with Gasteiger partial charge in [-0.25, -0.2) is 4.79 Å². The van der Waals surface area contributed by atoms with Gasteiger partial charge in [0.25, 0.3) is 0 Å². The normalized spacial score (nSPS) is 19.5. The zero-order chi connectivity index (χ0) is 19.3. The Kier molecular flexibility index (Phi) is 6.60. The van der Waals surface area contributed by atoms with E-state index in [0.29, 0.717) is 6.42 Å². The summed E-state index contributed by atoms with van der Waals surface area (Å²) in [5, 5.41) is 14.2. The lowest BCUT2D eigenvalue weighted by molar-refractivity contribution is -0.142. The molecule has 3 atom stereocenters. The molecular weight excluding hydrogens is 336 g/mol. The minimum Gasteiger partial charge on any atom is -0.497 e. The van der Waals surface area contributed by atoms with Crippen molar-refractivity contribution in [1.29, 1.82) is 0 Å². The molecule has 0 aliphatic heterocycles. The Bertz CT molecular complexity index is 674. The Morgan fingerprint density at radius 1 is 1.31 bits per heavy atom. The molecule has 3 N–H and O–H groups in total. The third-order valence-electron chi connectivity index (χ3n) is 4.41. The highest BCUT2D eigenvalue weighted by Crippen LogP contribution is 2.48. The second kappa shape index (κ2) is 8.69. The van der Waals surface area contributed by atoms with E-state index < -0.39 is 17.9 Å². The van der Waals surface area contributed by atoms with Gasteiger partial charge in [0, 0.05) is 5.92 Å². The van der Waals surface area contributed by atoms with Crippen molar-refractivity contribution in [3.05, 3.63) is 29.8 Å². The smallest absolute Gasteiger partial charge is 0.326 e. The van der Waals surface area contributed by atoms with Crippen molar-refractivity contribution in [2.75, 3.05) is 13.7 Å². The number of hydrogen-bond donors (Lipinski definition) is 3. The maximum absolute atomic E-state index is 12.2. The van der Waals surface area contributed by atoms with Crippen molar-refractivity contribution in [1.82, 2.24) is 10.6 Å². The summed E-state index contributed by atoms with van der Waals surface area (Å²) < 4.78 is 5.19. The number of benzene rings is 1. The van der Waals surface area contributed by atoms with Crippen LogP contribution in [0.3, 0.4) is 0 Å². The second-order valence-corrected chi connectivity index (χ2v) is 7.03. The van der Waals surface area contributed by atoms with Crippen LogP contribution >= 0.6 is 0 Å². The van der Waals surface area contributed by atoms with Crippen LogP contribution in [-0.4, -0.2) is 42.6 Å². The van der Waals surface area contributed by atoms with Crippen LogP contribution in [0.4, 0.5) is 0 Å². The zero-order valence-electron chi connectivity index (χ0n) is 15.3. The maximum Gasteiger partial charge on any atom is 0.326 e. The van der Waals surface area contributed by atoms with Gasteiger partial charge in [-0.05, 0) is 42.4 Å². The first-order valence-corrected chi connectivity index (χ1v) is 8.75. The molecule has 1 aliphatic carbocycles. The molecule has 26 heavy (non-hydrogen) atoms. The Hall–Kier alpha value is -2.57. The largest absolute Gasteiger partial charge is 0.497 e. The van der Waals surface area contributed by atoms with Crippen molar-refractivity contribution in [3.63, 3.8) is 0 Å². The van der Waals surface area contributed by atoms with E-state index in [1.807, 2.05) is 38.1 Å². The summed E-state index contributed by atoms with van der Waals surface area (Å²) in [5.41, 5.74) is 1.04. The summed E-state index contributed by atoms with van der Waals surface area (Å²) in [6.07, 6.45) is 1.07. The number of nitrogens with one attached hydrogen (secondary N) is 2. The molecule has 1 saturated carbocycles. The Morgan fingerprint density at radius 2 is 2.04 bits per heavy atom. The SMILES string of the molecule is COc1cccc(C2CC2C(=O)NCC(=O)N[C@@H](CC(C)C)C(=O)O)c1. The van der Waals surface area contributed by atoms with Crippen molar-refractivity contribution < 1.29 is 24.2 Å². The van der Waals surface area contributed by atoms with Crippen LogP contribution < -0.4 is 15.4 Å². The first-order valence-electron chi connectivity index (χ1n) is 8.75. The van der Waals surface area contributed by atoms with Crippen LogP contribution in [0.25, 0.3) is 0 Å². The average molecular weight is 362 g/mol. The maximum atomic E-state index is 12.2. The lowest BCUT2D eigenvalue weighted by Gasteiger charge is -2.16. The van der Waals surface area contributed by atoms with Gasteiger partial charge in [0.1, 0.15) is 11.8 Å². The van der Waals surface area contributed by atoms with E-state index in [1.165, 1.54) is 0 Å². The van der Waals surface area contributed by atoms with Crippen molar-refractivity contribution in [3.8, 4) is 5.75 Å². The highest BCUT2D eigenvalue weighted by atomic mass is 16.5. The topological polar surface area (TPSA) is 105 Å². The number of amides is 2. The monoisotopic (exact) mass is 362 g/mol. The summed E-state index contributed by atoms with van der Waals surface area (Å²) >= 11 is 0. The van der Waals surface area contributed by atoms with E-state index >= 15 is 0 Å². The number of carbonyl (C=O) groups is 3. The number of hydrogen-bond acceptors (Lipinski definition) is 4. The molecule has 1 aromatic carbocycles. The van der Waals surface area contributed by atoms with Gasteiger partial charge in [0.05, 0.1) is 13.7 Å². The van der Waals surface area contributed by atoms with Gasteiger partial charge in [0.2, 0.25) is 11.8 Å². The fourth-order valence-corrected chi connectivity index (χ4v) is 2.96. The summed E-state index contributed by atoms with van der Waals surface area (Å²) in [4.78, 5) is 35.3. The van der Waals surface area contributed by atoms with Gasteiger partial charge < -0.3 is 20.5 Å². The van der Waals surface area contributed by atoms with Gasteiger partial charge in [-0.2, -0.15) is 0 Å². The van der Waals surface area contributed by atoms with Gasteiger partial charge in [-0.1, -0.05) is 26.0 Å². The lowest BCUT2D eigenvalue weighted by atomic mass is 10.0. The van der Waals surface area contributed by atoms with Crippen molar-refractivity contribution in [2.45, 2.75) is 38.6 Å². The zero-order valence-corrected chi connectivity index (χ0v) is 15.3. The summed E-state index contributed by atoms with van der Waals surface area (Å²) in [7, 11) is 1.60. The quantitative estimate of drug-likeness (QED) is 0.618. The van der Waals surface area contributed by atoms with Crippen LogP contribution in [0.2, 0.25) is 0 Å². The second-order valence-electron chi connectivity index (χ2n) is 7.03. The molecule has 1 aromatic rings. The molecule has 0 heterocycles. The van der Waals surface area contributed by atoms with Crippen molar-refractivity contribution in [2.24, 2.45) is 11.8 Å². The number of carboxylic acid groups (broad SMARTS) is 1. The van der Waals surface area contributed by atoms with Gasteiger partial charge in [-0.3, -0.25) is 9.59 Å². The lowest BCUT2D eigenvalue weighted by Crippen LogP contribution is -2.46. The minimum absolute atomic E-state index is 0.126. The molecule has 0 aromatic heterocycles. The van der Waals surface area contributed by atoms with Crippen LogP contribution in [-0.2, 0) is 14.4 Å². The van der Waals surface area contributed by atoms with Crippen LogP contribution in [0, 0.1) is 11.8 Å². The number of carboxylic acids is 1. The Labute approximate surface area is 153 Å². The molecule has 1 fully saturated rings. The van der Waals surface area contributed by atoms with Gasteiger partial charge >= 0.3 is 5.97 Å².